The van der Waals surface area contributed by atoms with Crippen LogP contribution in [0, 0.1) is 17.8 Å². The van der Waals surface area contributed by atoms with Crippen molar-refractivity contribution in [3.8, 4) is 0 Å². The molecule has 104 valence electrons. The molecule has 0 amide bonds. The Morgan fingerprint density at radius 3 is 2.53 bits per heavy atom. The van der Waals surface area contributed by atoms with Crippen molar-refractivity contribution in [3.63, 3.8) is 0 Å². The highest BCUT2D eigenvalue weighted by molar-refractivity contribution is 5.55. The molecule has 0 aromatic heterocycles. The first-order valence-corrected chi connectivity index (χ1v) is 8.00. The lowest BCUT2D eigenvalue weighted by Crippen LogP contribution is -2.32. The van der Waals surface area contributed by atoms with E-state index in [0.717, 1.165) is 23.7 Å². The van der Waals surface area contributed by atoms with Gasteiger partial charge in [-0.25, -0.2) is 0 Å². The molecule has 0 saturated heterocycles. The first kappa shape index (κ1) is 13.0. The van der Waals surface area contributed by atoms with E-state index in [-0.39, 0.29) is 0 Å². The van der Waals surface area contributed by atoms with E-state index in [1.54, 1.807) is 5.56 Å². The maximum atomic E-state index is 3.65. The summed E-state index contributed by atoms with van der Waals surface area (Å²) in [6.07, 6.45) is 5.58. The summed E-state index contributed by atoms with van der Waals surface area (Å²) in [5.41, 5.74) is 2.96. The minimum atomic E-state index is 0.620. The molecular formula is C18H27N. The number of para-hydroxylation sites is 1. The molecule has 3 rings (SSSR count). The molecule has 0 radical (unpaired) electrons. The van der Waals surface area contributed by atoms with Gasteiger partial charge in [-0.3, -0.25) is 0 Å². The first-order chi connectivity index (χ1) is 9.15. The molecule has 1 fully saturated rings. The van der Waals surface area contributed by atoms with Crippen LogP contribution in [0.3, 0.4) is 0 Å². The fourth-order valence-electron chi connectivity index (χ4n) is 4.19. The highest BCUT2D eigenvalue weighted by Gasteiger charge is 2.34. The average molecular weight is 257 g/mol. The zero-order valence-corrected chi connectivity index (χ0v) is 12.5. The molecule has 2 aliphatic rings. The Balaban J connectivity index is 1.85. The minimum absolute atomic E-state index is 0.620. The van der Waals surface area contributed by atoms with E-state index in [0.29, 0.717) is 6.04 Å². The smallest absolute Gasteiger partial charge is 0.0377 e. The molecule has 1 nitrogen and oxygen atoms in total. The average Bonchev–Trinajstić information content (AvgIpc) is 2.41. The van der Waals surface area contributed by atoms with Crippen molar-refractivity contribution in [3.05, 3.63) is 29.8 Å². The fraction of sp³-hybridized carbons (Fsp3) is 0.667. The molecule has 1 aromatic carbocycles. The summed E-state index contributed by atoms with van der Waals surface area (Å²) in [5.74, 6) is 3.50. The number of anilines is 1. The maximum absolute atomic E-state index is 3.65. The molecule has 19 heavy (non-hydrogen) atoms. The van der Waals surface area contributed by atoms with Crippen LogP contribution in [0.4, 0.5) is 5.69 Å². The summed E-state index contributed by atoms with van der Waals surface area (Å²) in [5, 5.41) is 3.65. The Morgan fingerprint density at radius 2 is 1.74 bits per heavy atom. The topological polar surface area (TPSA) is 12.0 Å². The molecule has 0 spiro atoms. The van der Waals surface area contributed by atoms with Crippen LogP contribution in [0.1, 0.15) is 57.9 Å². The summed E-state index contributed by atoms with van der Waals surface area (Å²) in [6.45, 7) is 7.21. The van der Waals surface area contributed by atoms with Crippen LogP contribution in [0.2, 0.25) is 0 Å². The molecule has 1 heteroatoms. The van der Waals surface area contributed by atoms with Gasteiger partial charge >= 0.3 is 0 Å². The molecule has 1 aromatic rings. The van der Waals surface area contributed by atoms with Gasteiger partial charge in [-0.15, -0.1) is 0 Å². The highest BCUT2D eigenvalue weighted by atomic mass is 14.9. The zero-order chi connectivity index (χ0) is 13.4. The van der Waals surface area contributed by atoms with Crippen LogP contribution in [0.5, 0.6) is 0 Å². The minimum Gasteiger partial charge on any atom is -0.382 e. The van der Waals surface area contributed by atoms with Crippen molar-refractivity contribution in [2.24, 2.45) is 17.8 Å². The van der Waals surface area contributed by atoms with E-state index >= 15 is 0 Å². The molecule has 1 heterocycles. The first-order valence-electron chi connectivity index (χ1n) is 8.00. The van der Waals surface area contributed by atoms with Crippen LogP contribution < -0.4 is 5.32 Å². The van der Waals surface area contributed by atoms with Crippen molar-refractivity contribution in [1.82, 2.24) is 0 Å². The van der Waals surface area contributed by atoms with E-state index in [1.165, 1.54) is 31.4 Å². The quantitative estimate of drug-likeness (QED) is 0.742. The third-order valence-corrected chi connectivity index (χ3v) is 5.58. The largest absolute Gasteiger partial charge is 0.382 e. The molecule has 1 saturated carbocycles. The second-order valence-electron chi connectivity index (χ2n) is 7.00. The Kier molecular flexibility index (Phi) is 3.56. The molecule has 1 aliphatic carbocycles. The van der Waals surface area contributed by atoms with E-state index < -0.39 is 0 Å². The second kappa shape index (κ2) is 5.19. The summed E-state index contributed by atoms with van der Waals surface area (Å²) >= 11 is 0. The van der Waals surface area contributed by atoms with Gasteiger partial charge in [0, 0.05) is 11.7 Å². The molecule has 0 bridgehead atoms. The van der Waals surface area contributed by atoms with Crippen LogP contribution in [-0.2, 0) is 0 Å². The second-order valence-corrected chi connectivity index (χ2v) is 7.00. The third-order valence-electron chi connectivity index (χ3n) is 5.58. The number of hydrogen-bond donors (Lipinski definition) is 1. The standard InChI is InChI=1S/C18H27N/c1-12-8-9-15(10-13(12)2)17-11-14(3)19-18-7-5-4-6-16(17)18/h4-7,12-15,17,19H,8-11H2,1-3H3. The zero-order valence-electron chi connectivity index (χ0n) is 12.5. The van der Waals surface area contributed by atoms with E-state index in [2.05, 4.69) is 50.4 Å². The summed E-state index contributed by atoms with van der Waals surface area (Å²) in [6, 6.07) is 9.59. The van der Waals surface area contributed by atoms with Crippen molar-refractivity contribution in [2.45, 2.75) is 58.4 Å². The molecular weight excluding hydrogens is 230 g/mol. The summed E-state index contributed by atoms with van der Waals surface area (Å²) < 4.78 is 0. The van der Waals surface area contributed by atoms with Crippen LogP contribution in [-0.4, -0.2) is 6.04 Å². The van der Waals surface area contributed by atoms with E-state index in [4.69, 9.17) is 0 Å². The van der Waals surface area contributed by atoms with Gasteiger partial charge in [0.2, 0.25) is 0 Å². The van der Waals surface area contributed by atoms with Gasteiger partial charge in [0.25, 0.3) is 0 Å². The van der Waals surface area contributed by atoms with Gasteiger partial charge < -0.3 is 5.32 Å². The van der Waals surface area contributed by atoms with Crippen LogP contribution >= 0.6 is 0 Å². The number of benzene rings is 1. The van der Waals surface area contributed by atoms with E-state index in [9.17, 15) is 0 Å². The monoisotopic (exact) mass is 257 g/mol. The predicted octanol–water partition coefficient (Wildman–Crippen LogP) is 5.05. The SMILES string of the molecule is CC1CC(C2CCC(C)C(C)C2)c2ccccc2N1. The predicted molar refractivity (Wildman–Crippen MR) is 82.6 cm³/mol. The number of nitrogens with one attached hydrogen (secondary N) is 1. The number of rotatable bonds is 1. The molecule has 1 aliphatic heterocycles. The van der Waals surface area contributed by atoms with Crippen molar-refractivity contribution in [1.29, 1.82) is 0 Å². The van der Waals surface area contributed by atoms with Crippen molar-refractivity contribution < 1.29 is 0 Å². The van der Waals surface area contributed by atoms with Gasteiger partial charge in [0.15, 0.2) is 0 Å². The summed E-state index contributed by atoms with van der Waals surface area (Å²) in [7, 11) is 0. The Morgan fingerprint density at radius 1 is 0.947 bits per heavy atom. The van der Waals surface area contributed by atoms with Gasteiger partial charge in [-0.2, -0.15) is 0 Å². The van der Waals surface area contributed by atoms with Gasteiger partial charge in [0.05, 0.1) is 0 Å². The van der Waals surface area contributed by atoms with E-state index in [1.807, 2.05) is 0 Å². The lowest BCUT2D eigenvalue weighted by atomic mass is 9.67. The molecule has 5 atom stereocenters. The van der Waals surface area contributed by atoms with Gasteiger partial charge in [-0.05, 0) is 61.5 Å². The molecule has 1 N–H and O–H groups in total. The van der Waals surface area contributed by atoms with Crippen LogP contribution in [0.15, 0.2) is 24.3 Å². The lowest BCUT2D eigenvalue weighted by Gasteiger charge is -2.41. The molecule has 5 unspecified atom stereocenters. The van der Waals surface area contributed by atoms with Gasteiger partial charge in [0.1, 0.15) is 0 Å². The Hall–Kier alpha value is -0.980. The maximum Gasteiger partial charge on any atom is 0.0377 e. The Labute approximate surface area is 117 Å². The fourth-order valence-corrected chi connectivity index (χ4v) is 4.19. The highest BCUT2D eigenvalue weighted by Crippen LogP contribution is 2.46. The number of hydrogen-bond acceptors (Lipinski definition) is 1. The van der Waals surface area contributed by atoms with Crippen molar-refractivity contribution >= 4 is 5.69 Å². The van der Waals surface area contributed by atoms with Crippen molar-refractivity contribution in [2.75, 3.05) is 5.32 Å². The third kappa shape index (κ3) is 2.52. The normalized spacial score (nSPS) is 38.4. The number of fused-ring (bicyclic) bond motifs is 1. The Bertz CT molecular complexity index is 439. The van der Waals surface area contributed by atoms with Gasteiger partial charge in [-0.1, -0.05) is 38.5 Å². The lowest BCUT2D eigenvalue weighted by molar-refractivity contribution is 0.177. The summed E-state index contributed by atoms with van der Waals surface area (Å²) in [4.78, 5) is 0. The van der Waals surface area contributed by atoms with Crippen LogP contribution in [0.25, 0.3) is 0 Å².